The first kappa shape index (κ1) is 21.3. The Labute approximate surface area is 182 Å². The Morgan fingerprint density at radius 3 is 2.57 bits per heavy atom. The van der Waals surface area contributed by atoms with Gasteiger partial charge in [-0.05, 0) is 30.4 Å². The highest BCUT2D eigenvalue weighted by Gasteiger charge is 2.25. The van der Waals surface area contributed by atoms with Crippen LogP contribution in [0.15, 0.2) is 34.1 Å². The molecule has 1 aromatic carbocycles. The summed E-state index contributed by atoms with van der Waals surface area (Å²) in [5.74, 6) is 1.68. The first-order chi connectivity index (χ1) is 13.4. The summed E-state index contributed by atoms with van der Waals surface area (Å²) in [4.78, 5) is 31.0. The van der Waals surface area contributed by atoms with Gasteiger partial charge in [0.25, 0.3) is 0 Å². The van der Waals surface area contributed by atoms with Gasteiger partial charge >= 0.3 is 0 Å². The Morgan fingerprint density at radius 1 is 1.21 bits per heavy atom. The molecule has 1 N–H and O–H groups in total. The molecular formula is C20H24BrN3O2S2. The molecule has 1 fully saturated rings. The van der Waals surface area contributed by atoms with Crippen LogP contribution < -0.4 is 5.32 Å². The number of piperidine rings is 1. The molecule has 0 radical (unpaired) electrons. The van der Waals surface area contributed by atoms with E-state index in [0.717, 1.165) is 28.8 Å². The van der Waals surface area contributed by atoms with Gasteiger partial charge < -0.3 is 10.2 Å². The third-order valence-electron chi connectivity index (χ3n) is 4.57. The fourth-order valence-corrected chi connectivity index (χ4v) is 5.15. The average molecular weight is 482 g/mol. The van der Waals surface area contributed by atoms with Gasteiger partial charge in [-0.2, -0.15) is 0 Å². The number of rotatable bonds is 6. The molecule has 0 spiro atoms. The fourth-order valence-electron chi connectivity index (χ4n) is 3.43. The van der Waals surface area contributed by atoms with E-state index in [4.69, 9.17) is 0 Å². The lowest BCUT2D eigenvalue weighted by Crippen LogP contribution is -2.43. The molecule has 2 heterocycles. The van der Waals surface area contributed by atoms with Gasteiger partial charge in [-0.25, -0.2) is 4.98 Å². The Kier molecular flexibility index (Phi) is 7.54. The summed E-state index contributed by atoms with van der Waals surface area (Å²) in [6, 6.07) is 7.89. The predicted octanol–water partition coefficient (Wildman–Crippen LogP) is 4.75. The number of anilines is 1. The van der Waals surface area contributed by atoms with Gasteiger partial charge in [0.1, 0.15) is 0 Å². The summed E-state index contributed by atoms with van der Waals surface area (Å²) in [6.45, 7) is 6.03. The Bertz CT molecular complexity index is 815. The molecule has 0 aliphatic carbocycles. The highest BCUT2D eigenvalue weighted by molar-refractivity contribution is 9.10. The van der Waals surface area contributed by atoms with Crippen LogP contribution in [0, 0.1) is 11.8 Å². The Morgan fingerprint density at radius 2 is 1.89 bits per heavy atom. The van der Waals surface area contributed by atoms with Gasteiger partial charge in [-0.15, -0.1) is 23.1 Å². The number of aromatic nitrogens is 1. The fraction of sp³-hybridized carbons (Fsp3) is 0.450. The van der Waals surface area contributed by atoms with Crippen LogP contribution in [0.2, 0.25) is 0 Å². The zero-order chi connectivity index (χ0) is 20.1. The van der Waals surface area contributed by atoms with Crippen molar-refractivity contribution >= 4 is 56.0 Å². The van der Waals surface area contributed by atoms with Crippen molar-refractivity contribution in [3.8, 4) is 11.3 Å². The van der Waals surface area contributed by atoms with E-state index in [9.17, 15) is 9.59 Å². The predicted molar refractivity (Wildman–Crippen MR) is 121 cm³/mol. The van der Waals surface area contributed by atoms with E-state index in [1.807, 2.05) is 34.5 Å². The second-order valence-electron chi connectivity index (χ2n) is 7.33. The van der Waals surface area contributed by atoms with Crippen LogP contribution in [0.25, 0.3) is 11.3 Å². The first-order valence-electron chi connectivity index (χ1n) is 9.27. The second kappa shape index (κ2) is 9.89. The lowest BCUT2D eigenvalue weighted by Gasteiger charge is -2.35. The molecule has 2 atom stereocenters. The van der Waals surface area contributed by atoms with Crippen LogP contribution in [0.3, 0.4) is 0 Å². The van der Waals surface area contributed by atoms with Crippen molar-refractivity contribution < 1.29 is 9.59 Å². The molecule has 0 saturated carbocycles. The molecule has 28 heavy (non-hydrogen) atoms. The third-order valence-corrected chi connectivity index (χ3v) is 6.77. The van der Waals surface area contributed by atoms with Gasteiger partial charge in [-0.3, -0.25) is 9.59 Å². The van der Waals surface area contributed by atoms with E-state index in [1.54, 1.807) is 0 Å². The topological polar surface area (TPSA) is 62.3 Å². The zero-order valence-electron chi connectivity index (χ0n) is 16.0. The molecule has 3 rings (SSSR count). The number of thiazole rings is 1. The van der Waals surface area contributed by atoms with E-state index in [1.165, 1.54) is 29.5 Å². The number of hydrogen-bond acceptors (Lipinski definition) is 5. The minimum atomic E-state index is -0.130. The molecule has 150 valence electrons. The normalized spacial score (nSPS) is 19.5. The van der Waals surface area contributed by atoms with Crippen molar-refractivity contribution in [1.82, 2.24) is 9.88 Å². The van der Waals surface area contributed by atoms with Crippen LogP contribution in [0.4, 0.5) is 5.13 Å². The summed E-state index contributed by atoms with van der Waals surface area (Å²) in [5, 5.41) is 5.33. The van der Waals surface area contributed by atoms with E-state index in [2.05, 4.69) is 40.1 Å². The van der Waals surface area contributed by atoms with E-state index in [-0.39, 0.29) is 17.6 Å². The van der Waals surface area contributed by atoms with Crippen molar-refractivity contribution in [2.24, 2.45) is 11.8 Å². The second-order valence-corrected chi connectivity index (χ2v) is 10.1. The van der Waals surface area contributed by atoms with Crippen LogP contribution in [0.5, 0.6) is 0 Å². The van der Waals surface area contributed by atoms with E-state index >= 15 is 0 Å². The van der Waals surface area contributed by atoms with Crippen molar-refractivity contribution in [2.45, 2.75) is 20.3 Å². The molecule has 1 aliphatic heterocycles. The van der Waals surface area contributed by atoms with Gasteiger partial charge in [0.15, 0.2) is 5.13 Å². The number of nitrogens with zero attached hydrogens (tertiary/aromatic N) is 2. The van der Waals surface area contributed by atoms with Crippen molar-refractivity contribution in [2.75, 3.05) is 29.9 Å². The number of thioether (sulfide) groups is 1. The molecule has 2 amide bonds. The van der Waals surface area contributed by atoms with Crippen LogP contribution >= 0.6 is 39.0 Å². The molecule has 1 saturated heterocycles. The maximum absolute atomic E-state index is 12.4. The largest absolute Gasteiger partial charge is 0.341 e. The van der Waals surface area contributed by atoms with E-state index in [0.29, 0.717) is 22.7 Å². The quantitative estimate of drug-likeness (QED) is 0.646. The summed E-state index contributed by atoms with van der Waals surface area (Å²) in [6.07, 6.45) is 1.18. The van der Waals surface area contributed by atoms with Crippen molar-refractivity contribution in [1.29, 1.82) is 0 Å². The lowest BCUT2D eigenvalue weighted by molar-refractivity contribution is -0.130. The number of carbonyl (C=O) groups excluding carboxylic acids is 2. The molecule has 0 bridgehead atoms. The minimum absolute atomic E-state index is 0.128. The number of carbonyl (C=O) groups is 2. The van der Waals surface area contributed by atoms with Crippen molar-refractivity contribution in [3.63, 3.8) is 0 Å². The van der Waals surface area contributed by atoms with Crippen LogP contribution in [0.1, 0.15) is 20.3 Å². The van der Waals surface area contributed by atoms with Gasteiger partial charge in [0.2, 0.25) is 11.8 Å². The monoisotopic (exact) mass is 481 g/mol. The third kappa shape index (κ3) is 6.06. The lowest BCUT2D eigenvalue weighted by atomic mass is 9.92. The number of benzene rings is 1. The summed E-state index contributed by atoms with van der Waals surface area (Å²) in [7, 11) is 0. The summed E-state index contributed by atoms with van der Waals surface area (Å²) < 4.78 is 1.01. The highest BCUT2D eigenvalue weighted by atomic mass is 79.9. The molecule has 1 aromatic heterocycles. The first-order valence-corrected chi connectivity index (χ1v) is 12.1. The Hall–Kier alpha value is -1.38. The number of likely N-dealkylation sites (tertiary alicyclic amines) is 1. The minimum Gasteiger partial charge on any atom is -0.341 e. The van der Waals surface area contributed by atoms with Gasteiger partial charge in [0, 0.05) is 28.5 Å². The highest BCUT2D eigenvalue weighted by Crippen LogP contribution is 2.26. The molecule has 1 aliphatic rings. The number of halogens is 1. The number of amides is 2. The summed E-state index contributed by atoms with van der Waals surface area (Å²) in [5.41, 5.74) is 1.84. The summed E-state index contributed by atoms with van der Waals surface area (Å²) >= 11 is 6.18. The zero-order valence-corrected chi connectivity index (χ0v) is 19.2. The number of hydrogen-bond donors (Lipinski definition) is 1. The maximum atomic E-state index is 12.4. The Balaban J connectivity index is 1.43. The standard InChI is InChI=1S/C20H24BrN3O2S2/c1-13-7-14(2)9-24(8-13)19(26)12-27-11-18(25)23-20-22-17(10-28-20)15-3-5-16(21)6-4-15/h3-6,10,13-14H,7-9,11-12H2,1-2H3,(H,22,23,25)/t13-,14-/m0/s1. The molecule has 2 aromatic rings. The van der Waals surface area contributed by atoms with E-state index < -0.39 is 0 Å². The average Bonchev–Trinajstić information content (AvgIpc) is 3.09. The molecule has 0 unspecified atom stereocenters. The molecule has 8 heteroatoms. The smallest absolute Gasteiger partial charge is 0.236 e. The SMILES string of the molecule is C[C@H]1C[C@H](C)CN(C(=O)CSCC(=O)Nc2nc(-c3ccc(Br)cc3)cs2)C1. The van der Waals surface area contributed by atoms with Crippen molar-refractivity contribution in [3.05, 3.63) is 34.1 Å². The van der Waals surface area contributed by atoms with Gasteiger partial charge in [0.05, 0.1) is 17.2 Å². The van der Waals surface area contributed by atoms with Crippen LogP contribution in [-0.2, 0) is 9.59 Å². The molecular weight excluding hydrogens is 458 g/mol. The maximum Gasteiger partial charge on any atom is 0.236 e. The van der Waals surface area contributed by atoms with Crippen LogP contribution in [-0.4, -0.2) is 46.3 Å². The number of nitrogens with one attached hydrogen (secondary N) is 1. The van der Waals surface area contributed by atoms with Gasteiger partial charge in [-0.1, -0.05) is 41.9 Å². The molecule has 5 nitrogen and oxygen atoms in total.